The Hall–Kier alpha value is -1.00. The van der Waals surface area contributed by atoms with Gasteiger partial charge in [-0.1, -0.05) is 13.0 Å². The molecular weight excluding hydrogens is 246 g/mol. The maximum atomic E-state index is 13.9. The van der Waals surface area contributed by atoms with E-state index < -0.39 is 23.2 Å². The minimum Gasteiger partial charge on any atom is -0.322 e. The Morgan fingerprint density at radius 1 is 1.26 bits per heavy atom. The lowest BCUT2D eigenvalue weighted by atomic mass is 9.83. The van der Waals surface area contributed by atoms with Gasteiger partial charge in [-0.15, -0.1) is 0 Å². The summed E-state index contributed by atoms with van der Waals surface area (Å²) in [6.45, 7) is 5.94. The summed E-state index contributed by atoms with van der Waals surface area (Å²) in [5, 5.41) is 0. The molecule has 106 valence electrons. The number of nitrogens with zero attached hydrogens (tertiary/aromatic N) is 1. The van der Waals surface area contributed by atoms with Crippen LogP contribution in [0.1, 0.15) is 44.7 Å². The highest BCUT2D eigenvalue weighted by Crippen LogP contribution is 2.36. The van der Waals surface area contributed by atoms with E-state index in [0.717, 1.165) is 32.4 Å². The molecule has 2 nitrogen and oxygen atoms in total. The van der Waals surface area contributed by atoms with Crippen LogP contribution in [0.15, 0.2) is 18.2 Å². The molecule has 1 heterocycles. The number of likely N-dealkylation sites (tertiary alicyclic amines) is 1. The number of rotatable bonds is 4. The second kappa shape index (κ2) is 5.55. The van der Waals surface area contributed by atoms with E-state index in [4.69, 9.17) is 5.73 Å². The number of benzene rings is 1. The normalized spacial score (nSPS) is 21.3. The Balaban J connectivity index is 2.37. The number of hydrogen-bond donors (Lipinski definition) is 1. The third kappa shape index (κ3) is 2.51. The van der Waals surface area contributed by atoms with E-state index in [1.165, 1.54) is 18.2 Å². The molecule has 0 aromatic heterocycles. The maximum Gasteiger partial charge on any atom is 0.130 e. The van der Waals surface area contributed by atoms with Crippen molar-refractivity contribution in [3.8, 4) is 0 Å². The molecule has 19 heavy (non-hydrogen) atoms. The fraction of sp³-hybridized carbons (Fsp3) is 0.600. The van der Waals surface area contributed by atoms with Crippen molar-refractivity contribution in [2.75, 3.05) is 13.1 Å². The topological polar surface area (TPSA) is 29.3 Å². The van der Waals surface area contributed by atoms with Gasteiger partial charge in [0.2, 0.25) is 0 Å². The van der Waals surface area contributed by atoms with Crippen LogP contribution in [-0.4, -0.2) is 23.5 Å². The Labute approximate surface area is 113 Å². The summed E-state index contributed by atoms with van der Waals surface area (Å²) < 4.78 is 27.8. The smallest absolute Gasteiger partial charge is 0.130 e. The largest absolute Gasteiger partial charge is 0.322 e. The van der Waals surface area contributed by atoms with Crippen molar-refractivity contribution in [1.82, 2.24) is 4.90 Å². The van der Waals surface area contributed by atoms with Crippen LogP contribution in [0.4, 0.5) is 8.78 Å². The van der Waals surface area contributed by atoms with Crippen LogP contribution in [0.5, 0.6) is 0 Å². The standard InChI is InChI=1S/C15H22F2N2/c1-3-15(2,19-9-4-5-10-19)14(18)13-11(16)7-6-8-12(13)17/h6-8,14H,3-5,9-10,18H2,1-2H3. The van der Waals surface area contributed by atoms with Crippen molar-refractivity contribution in [3.05, 3.63) is 35.4 Å². The molecule has 0 amide bonds. The van der Waals surface area contributed by atoms with Crippen LogP contribution in [0.2, 0.25) is 0 Å². The molecule has 1 aliphatic rings. The lowest BCUT2D eigenvalue weighted by Crippen LogP contribution is -2.52. The zero-order valence-corrected chi connectivity index (χ0v) is 11.6. The van der Waals surface area contributed by atoms with Crippen LogP contribution >= 0.6 is 0 Å². The zero-order chi connectivity index (χ0) is 14.0. The van der Waals surface area contributed by atoms with Gasteiger partial charge in [-0.05, 0) is 51.4 Å². The summed E-state index contributed by atoms with van der Waals surface area (Å²) in [7, 11) is 0. The molecule has 2 unspecified atom stereocenters. The Morgan fingerprint density at radius 2 is 1.79 bits per heavy atom. The van der Waals surface area contributed by atoms with Gasteiger partial charge in [0.05, 0.1) is 6.04 Å². The Morgan fingerprint density at radius 3 is 2.26 bits per heavy atom. The van der Waals surface area contributed by atoms with Gasteiger partial charge >= 0.3 is 0 Å². The van der Waals surface area contributed by atoms with Crippen LogP contribution in [0, 0.1) is 11.6 Å². The van der Waals surface area contributed by atoms with Gasteiger partial charge in [0, 0.05) is 11.1 Å². The number of nitrogens with two attached hydrogens (primary N) is 1. The zero-order valence-electron chi connectivity index (χ0n) is 11.6. The molecule has 1 aliphatic heterocycles. The molecule has 4 heteroatoms. The summed E-state index contributed by atoms with van der Waals surface area (Å²) in [6, 6.07) is 3.27. The minimum absolute atomic E-state index is 0.0127. The van der Waals surface area contributed by atoms with Gasteiger partial charge in [-0.25, -0.2) is 8.78 Å². The lowest BCUT2D eigenvalue weighted by molar-refractivity contribution is 0.0970. The van der Waals surface area contributed by atoms with Crippen molar-refractivity contribution < 1.29 is 8.78 Å². The van der Waals surface area contributed by atoms with E-state index in [1.807, 2.05) is 13.8 Å². The molecule has 1 aromatic rings. The number of hydrogen-bond acceptors (Lipinski definition) is 2. The summed E-state index contributed by atoms with van der Waals surface area (Å²) in [5.41, 5.74) is 5.85. The van der Waals surface area contributed by atoms with E-state index in [0.29, 0.717) is 0 Å². The first-order chi connectivity index (χ1) is 9.00. The van der Waals surface area contributed by atoms with E-state index in [-0.39, 0.29) is 5.56 Å². The van der Waals surface area contributed by atoms with Crippen LogP contribution in [-0.2, 0) is 0 Å². The van der Waals surface area contributed by atoms with Gasteiger partial charge in [-0.2, -0.15) is 0 Å². The molecule has 0 bridgehead atoms. The van der Waals surface area contributed by atoms with Crippen molar-refractivity contribution in [1.29, 1.82) is 0 Å². The third-order valence-corrected chi connectivity index (χ3v) is 4.52. The molecule has 0 radical (unpaired) electrons. The highest BCUT2D eigenvalue weighted by Gasteiger charge is 2.40. The summed E-state index contributed by atoms with van der Waals surface area (Å²) in [6.07, 6.45) is 3.02. The van der Waals surface area contributed by atoms with E-state index in [2.05, 4.69) is 4.90 Å². The predicted octanol–water partition coefficient (Wildman–Crippen LogP) is 3.23. The first-order valence-electron chi connectivity index (χ1n) is 6.95. The third-order valence-electron chi connectivity index (χ3n) is 4.52. The van der Waals surface area contributed by atoms with E-state index >= 15 is 0 Å². The maximum absolute atomic E-state index is 13.9. The molecule has 1 saturated heterocycles. The quantitative estimate of drug-likeness (QED) is 0.908. The molecule has 0 spiro atoms. The average molecular weight is 268 g/mol. The molecule has 1 fully saturated rings. The summed E-state index contributed by atoms with van der Waals surface area (Å²) in [4.78, 5) is 2.27. The summed E-state index contributed by atoms with van der Waals surface area (Å²) >= 11 is 0. The predicted molar refractivity (Wildman–Crippen MR) is 72.8 cm³/mol. The monoisotopic (exact) mass is 268 g/mol. The second-order valence-corrected chi connectivity index (χ2v) is 5.52. The highest BCUT2D eigenvalue weighted by molar-refractivity contribution is 5.26. The van der Waals surface area contributed by atoms with Crippen molar-refractivity contribution in [2.45, 2.75) is 44.7 Å². The molecule has 2 atom stereocenters. The fourth-order valence-corrected chi connectivity index (χ4v) is 2.99. The molecule has 0 saturated carbocycles. The van der Waals surface area contributed by atoms with E-state index in [1.54, 1.807) is 0 Å². The SMILES string of the molecule is CCC(C)(C(N)c1c(F)cccc1F)N1CCCC1. The molecule has 2 N–H and O–H groups in total. The second-order valence-electron chi connectivity index (χ2n) is 5.52. The lowest BCUT2D eigenvalue weighted by Gasteiger charge is -2.43. The van der Waals surface area contributed by atoms with E-state index in [9.17, 15) is 8.78 Å². The molecular formula is C15H22F2N2. The van der Waals surface area contributed by atoms with Gasteiger partial charge in [0.25, 0.3) is 0 Å². The van der Waals surface area contributed by atoms with Crippen molar-refractivity contribution in [2.24, 2.45) is 5.73 Å². The molecule has 0 aliphatic carbocycles. The fourth-order valence-electron chi connectivity index (χ4n) is 2.99. The van der Waals surface area contributed by atoms with Gasteiger partial charge in [0.1, 0.15) is 11.6 Å². The number of halogens is 2. The van der Waals surface area contributed by atoms with Crippen molar-refractivity contribution in [3.63, 3.8) is 0 Å². The van der Waals surface area contributed by atoms with Crippen LogP contribution in [0.3, 0.4) is 0 Å². The van der Waals surface area contributed by atoms with Crippen LogP contribution < -0.4 is 5.73 Å². The Bertz CT molecular complexity index is 424. The first kappa shape index (κ1) is 14.4. The average Bonchev–Trinajstić information content (AvgIpc) is 2.91. The minimum atomic E-state index is -0.656. The van der Waals surface area contributed by atoms with Crippen molar-refractivity contribution >= 4 is 0 Å². The first-order valence-corrected chi connectivity index (χ1v) is 6.95. The summed E-state index contributed by atoms with van der Waals surface area (Å²) in [5.74, 6) is -1.10. The van der Waals surface area contributed by atoms with Gasteiger partial charge in [-0.3, -0.25) is 4.90 Å². The van der Waals surface area contributed by atoms with Crippen LogP contribution in [0.25, 0.3) is 0 Å². The van der Waals surface area contributed by atoms with Gasteiger partial charge < -0.3 is 5.73 Å². The Kier molecular flexibility index (Phi) is 4.21. The molecule has 1 aromatic carbocycles. The highest BCUT2D eigenvalue weighted by atomic mass is 19.1. The van der Waals surface area contributed by atoms with Gasteiger partial charge in [0.15, 0.2) is 0 Å². The molecule has 2 rings (SSSR count).